The SMILES string of the molecule is CCCc1nccn1Cc1nc2ccc(N)cc2o1. The van der Waals surface area contributed by atoms with Crippen molar-refractivity contribution in [2.24, 2.45) is 0 Å². The summed E-state index contributed by atoms with van der Waals surface area (Å²) >= 11 is 0. The largest absolute Gasteiger partial charge is 0.439 e. The van der Waals surface area contributed by atoms with E-state index in [-0.39, 0.29) is 0 Å². The van der Waals surface area contributed by atoms with Gasteiger partial charge in [-0.1, -0.05) is 6.92 Å². The highest BCUT2D eigenvalue weighted by Crippen LogP contribution is 2.19. The molecule has 0 unspecified atom stereocenters. The number of nitrogen functional groups attached to an aromatic ring is 1. The quantitative estimate of drug-likeness (QED) is 0.728. The number of aryl methyl sites for hydroxylation is 1. The van der Waals surface area contributed by atoms with Gasteiger partial charge >= 0.3 is 0 Å². The minimum atomic E-state index is 0.601. The van der Waals surface area contributed by atoms with Crippen LogP contribution in [0.3, 0.4) is 0 Å². The Morgan fingerprint density at radius 3 is 3.11 bits per heavy atom. The van der Waals surface area contributed by atoms with Gasteiger partial charge in [0.05, 0.1) is 0 Å². The van der Waals surface area contributed by atoms with E-state index in [1.165, 1.54) is 0 Å². The Kier molecular flexibility index (Phi) is 2.95. The Hall–Kier alpha value is -2.30. The van der Waals surface area contributed by atoms with Crippen molar-refractivity contribution in [3.63, 3.8) is 0 Å². The van der Waals surface area contributed by atoms with Crippen LogP contribution >= 0.6 is 0 Å². The standard InChI is InChI=1S/C14H16N4O/c1-2-3-13-16-6-7-18(13)9-14-17-11-5-4-10(15)8-12(11)19-14/h4-8H,2-3,9,15H2,1H3. The van der Waals surface area contributed by atoms with Crippen LogP contribution in [0, 0.1) is 0 Å². The zero-order chi connectivity index (χ0) is 13.2. The number of hydrogen-bond donors (Lipinski definition) is 1. The molecule has 1 aromatic carbocycles. The first-order valence-corrected chi connectivity index (χ1v) is 6.41. The van der Waals surface area contributed by atoms with E-state index in [1.807, 2.05) is 24.5 Å². The summed E-state index contributed by atoms with van der Waals surface area (Å²) in [5.74, 6) is 1.74. The maximum atomic E-state index is 5.73. The molecule has 2 heterocycles. The molecule has 98 valence electrons. The summed E-state index contributed by atoms with van der Waals surface area (Å²) in [5, 5.41) is 0. The first-order valence-electron chi connectivity index (χ1n) is 6.41. The third kappa shape index (κ3) is 2.31. The Bertz CT molecular complexity index is 698. The van der Waals surface area contributed by atoms with Crippen molar-refractivity contribution in [1.82, 2.24) is 14.5 Å². The van der Waals surface area contributed by atoms with Crippen molar-refractivity contribution in [3.05, 3.63) is 42.3 Å². The molecule has 0 saturated carbocycles. The van der Waals surface area contributed by atoms with Crippen molar-refractivity contribution in [2.45, 2.75) is 26.3 Å². The fourth-order valence-electron chi connectivity index (χ4n) is 2.14. The van der Waals surface area contributed by atoms with Crippen LogP contribution < -0.4 is 5.73 Å². The highest BCUT2D eigenvalue weighted by Gasteiger charge is 2.09. The monoisotopic (exact) mass is 256 g/mol. The van der Waals surface area contributed by atoms with E-state index in [0.717, 1.165) is 29.8 Å². The molecule has 0 bridgehead atoms. The summed E-state index contributed by atoms with van der Waals surface area (Å²) < 4.78 is 7.78. The predicted octanol–water partition coefficient (Wildman–Crippen LogP) is 2.61. The van der Waals surface area contributed by atoms with Crippen LogP contribution in [-0.4, -0.2) is 14.5 Å². The first kappa shape index (κ1) is 11.8. The van der Waals surface area contributed by atoms with E-state index in [1.54, 1.807) is 6.07 Å². The van der Waals surface area contributed by atoms with Crippen LogP contribution in [0.25, 0.3) is 11.1 Å². The summed E-state index contributed by atoms with van der Waals surface area (Å²) in [6.07, 6.45) is 5.79. The molecule has 0 spiro atoms. The van der Waals surface area contributed by atoms with Gasteiger partial charge in [0.15, 0.2) is 5.58 Å². The molecule has 5 heteroatoms. The van der Waals surface area contributed by atoms with Crippen molar-refractivity contribution >= 4 is 16.8 Å². The number of anilines is 1. The number of imidazole rings is 1. The van der Waals surface area contributed by atoms with Gasteiger partial charge < -0.3 is 14.7 Å². The fraction of sp³-hybridized carbons (Fsp3) is 0.286. The summed E-state index contributed by atoms with van der Waals surface area (Å²) in [6, 6.07) is 5.50. The number of fused-ring (bicyclic) bond motifs is 1. The minimum absolute atomic E-state index is 0.601. The molecular weight excluding hydrogens is 240 g/mol. The number of rotatable bonds is 4. The number of nitrogens with zero attached hydrogens (tertiary/aromatic N) is 3. The first-order chi connectivity index (χ1) is 9.26. The average molecular weight is 256 g/mol. The van der Waals surface area contributed by atoms with Crippen LogP contribution in [0.5, 0.6) is 0 Å². The van der Waals surface area contributed by atoms with Gasteiger partial charge in [-0.2, -0.15) is 0 Å². The van der Waals surface area contributed by atoms with Crippen LogP contribution in [0.4, 0.5) is 5.69 Å². The van der Waals surface area contributed by atoms with Gasteiger partial charge in [0.2, 0.25) is 5.89 Å². The second-order valence-corrected chi connectivity index (χ2v) is 4.56. The van der Waals surface area contributed by atoms with E-state index < -0.39 is 0 Å². The number of hydrogen-bond acceptors (Lipinski definition) is 4. The number of aromatic nitrogens is 3. The molecule has 19 heavy (non-hydrogen) atoms. The average Bonchev–Trinajstić information content (AvgIpc) is 2.97. The van der Waals surface area contributed by atoms with E-state index in [9.17, 15) is 0 Å². The number of nitrogens with two attached hydrogens (primary N) is 1. The summed E-state index contributed by atoms with van der Waals surface area (Å²) in [7, 11) is 0. The second-order valence-electron chi connectivity index (χ2n) is 4.56. The molecule has 3 rings (SSSR count). The topological polar surface area (TPSA) is 69.9 Å². The molecule has 0 aliphatic carbocycles. The molecule has 0 aliphatic rings. The van der Waals surface area contributed by atoms with E-state index in [2.05, 4.69) is 21.5 Å². The van der Waals surface area contributed by atoms with Crippen LogP contribution in [0.15, 0.2) is 35.0 Å². The zero-order valence-corrected chi connectivity index (χ0v) is 10.8. The lowest BCUT2D eigenvalue weighted by Gasteiger charge is -2.03. The Morgan fingerprint density at radius 1 is 1.37 bits per heavy atom. The van der Waals surface area contributed by atoms with E-state index >= 15 is 0 Å². The van der Waals surface area contributed by atoms with Gasteiger partial charge in [-0.05, 0) is 18.6 Å². The Labute approximate surface area is 111 Å². The maximum Gasteiger partial charge on any atom is 0.215 e. The Balaban J connectivity index is 1.90. The van der Waals surface area contributed by atoms with Crippen LogP contribution in [0.1, 0.15) is 25.1 Å². The highest BCUT2D eigenvalue weighted by molar-refractivity contribution is 5.76. The molecule has 3 aromatic rings. The van der Waals surface area contributed by atoms with Crippen LogP contribution in [0.2, 0.25) is 0 Å². The number of oxazole rings is 1. The van der Waals surface area contributed by atoms with Gasteiger partial charge in [0.25, 0.3) is 0 Å². The molecule has 2 N–H and O–H groups in total. The van der Waals surface area contributed by atoms with Crippen molar-refractivity contribution in [3.8, 4) is 0 Å². The van der Waals surface area contributed by atoms with Gasteiger partial charge in [0.1, 0.15) is 17.9 Å². The van der Waals surface area contributed by atoms with E-state index in [4.69, 9.17) is 10.2 Å². The van der Waals surface area contributed by atoms with Gasteiger partial charge in [-0.3, -0.25) is 0 Å². The highest BCUT2D eigenvalue weighted by atomic mass is 16.3. The Morgan fingerprint density at radius 2 is 2.26 bits per heavy atom. The van der Waals surface area contributed by atoms with Gasteiger partial charge in [0, 0.05) is 30.6 Å². The summed E-state index contributed by atoms with van der Waals surface area (Å²) in [5.41, 5.74) is 7.98. The molecule has 0 atom stereocenters. The van der Waals surface area contributed by atoms with E-state index in [0.29, 0.717) is 18.1 Å². The van der Waals surface area contributed by atoms with Crippen molar-refractivity contribution < 1.29 is 4.42 Å². The normalized spacial score (nSPS) is 11.2. The molecular formula is C14H16N4O. The van der Waals surface area contributed by atoms with Gasteiger partial charge in [-0.25, -0.2) is 9.97 Å². The lowest BCUT2D eigenvalue weighted by molar-refractivity contribution is 0.502. The third-order valence-electron chi connectivity index (χ3n) is 3.04. The van der Waals surface area contributed by atoms with Crippen molar-refractivity contribution in [2.75, 3.05) is 5.73 Å². The molecule has 0 radical (unpaired) electrons. The maximum absolute atomic E-state index is 5.73. The molecule has 5 nitrogen and oxygen atoms in total. The summed E-state index contributed by atoms with van der Waals surface area (Å²) in [4.78, 5) is 8.80. The second kappa shape index (κ2) is 4.76. The molecule has 0 aliphatic heterocycles. The molecule has 2 aromatic heterocycles. The molecule has 0 amide bonds. The fourth-order valence-corrected chi connectivity index (χ4v) is 2.14. The minimum Gasteiger partial charge on any atom is -0.439 e. The molecule has 0 fully saturated rings. The molecule has 0 saturated heterocycles. The van der Waals surface area contributed by atoms with Gasteiger partial charge in [-0.15, -0.1) is 0 Å². The lowest BCUT2D eigenvalue weighted by atomic mass is 10.3. The number of benzene rings is 1. The third-order valence-corrected chi connectivity index (χ3v) is 3.04. The summed E-state index contributed by atoms with van der Waals surface area (Å²) in [6.45, 7) is 2.74. The smallest absolute Gasteiger partial charge is 0.215 e. The zero-order valence-electron chi connectivity index (χ0n) is 10.8. The predicted molar refractivity (Wildman–Crippen MR) is 73.7 cm³/mol. The van der Waals surface area contributed by atoms with Crippen molar-refractivity contribution in [1.29, 1.82) is 0 Å². The van der Waals surface area contributed by atoms with Crippen LogP contribution in [-0.2, 0) is 13.0 Å². The lowest BCUT2D eigenvalue weighted by Crippen LogP contribution is -2.04.